The van der Waals surface area contributed by atoms with Crippen LogP contribution in [0.5, 0.6) is 11.5 Å². The third kappa shape index (κ3) is 2.91. The molecular weight excluding hydrogens is 340 g/mol. The van der Waals surface area contributed by atoms with E-state index in [1.807, 2.05) is 67.6 Å². The van der Waals surface area contributed by atoms with Gasteiger partial charge in [0.1, 0.15) is 11.5 Å². The maximum absolute atomic E-state index is 5.47. The van der Waals surface area contributed by atoms with Gasteiger partial charge in [-0.05, 0) is 43.3 Å². The zero-order valence-corrected chi connectivity index (χ0v) is 14.6. The summed E-state index contributed by atoms with van der Waals surface area (Å²) in [6, 6.07) is 19.5. The van der Waals surface area contributed by atoms with Crippen molar-refractivity contribution in [2.75, 3.05) is 12.1 Å². The molecule has 3 heterocycles. The van der Waals surface area contributed by atoms with Crippen molar-refractivity contribution in [3.8, 4) is 23.0 Å². The number of hydrogen-bond donors (Lipinski definition) is 1. The smallest absolute Gasteiger partial charge is 0.231 e. The van der Waals surface area contributed by atoms with Gasteiger partial charge in [-0.15, -0.1) is 0 Å². The predicted octanol–water partition coefficient (Wildman–Crippen LogP) is 4.47. The van der Waals surface area contributed by atoms with Crippen LogP contribution in [-0.4, -0.2) is 21.7 Å². The van der Waals surface area contributed by atoms with Crippen LogP contribution in [0.1, 0.15) is 5.69 Å². The van der Waals surface area contributed by atoms with Gasteiger partial charge in [0.25, 0.3) is 0 Å². The van der Waals surface area contributed by atoms with Crippen LogP contribution in [0.15, 0.2) is 60.7 Å². The molecule has 0 saturated carbocycles. The van der Waals surface area contributed by atoms with Crippen LogP contribution in [0.2, 0.25) is 0 Å². The summed E-state index contributed by atoms with van der Waals surface area (Å²) < 4.78 is 10.8. The maximum Gasteiger partial charge on any atom is 0.231 e. The minimum atomic E-state index is 0.248. The lowest BCUT2D eigenvalue weighted by molar-refractivity contribution is 0.174. The van der Waals surface area contributed by atoms with Gasteiger partial charge in [-0.1, -0.05) is 18.2 Å². The lowest BCUT2D eigenvalue weighted by atomic mass is 10.2. The van der Waals surface area contributed by atoms with Gasteiger partial charge in [0.05, 0.1) is 5.52 Å². The van der Waals surface area contributed by atoms with E-state index in [2.05, 4.69) is 15.3 Å². The zero-order chi connectivity index (χ0) is 18.2. The Balaban J connectivity index is 1.62. The van der Waals surface area contributed by atoms with Gasteiger partial charge in [-0.25, -0.2) is 15.0 Å². The van der Waals surface area contributed by atoms with E-state index in [0.29, 0.717) is 5.82 Å². The predicted molar refractivity (Wildman–Crippen MR) is 103 cm³/mol. The molecule has 0 unspecified atom stereocenters. The third-order valence-electron chi connectivity index (χ3n) is 4.36. The molecule has 0 bridgehead atoms. The van der Waals surface area contributed by atoms with Crippen LogP contribution in [0, 0.1) is 6.92 Å². The van der Waals surface area contributed by atoms with E-state index in [1.54, 1.807) is 0 Å². The lowest BCUT2D eigenvalue weighted by Crippen LogP contribution is -2.00. The Hall–Kier alpha value is -3.67. The van der Waals surface area contributed by atoms with Crippen molar-refractivity contribution >= 4 is 22.4 Å². The number of nitrogens with one attached hydrogen (secondary N) is 1. The Morgan fingerprint density at radius 2 is 1.74 bits per heavy atom. The number of para-hydroxylation sites is 1. The first kappa shape index (κ1) is 15.6. The molecule has 2 aromatic carbocycles. The number of pyridine rings is 1. The first-order valence-corrected chi connectivity index (χ1v) is 8.64. The van der Waals surface area contributed by atoms with E-state index in [-0.39, 0.29) is 6.79 Å². The van der Waals surface area contributed by atoms with Crippen molar-refractivity contribution in [3.05, 3.63) is 66.4 Å². The van der Waals surface area contributed by atoms with E-state index in [9.17, 15) is 0 Å². The molecule has 5 rings (SSSR count). The molecule has 1 N–H and O–H groups in total. The van der Waals surface area contributed by atoms with Gasteiger partial charge in [0.2, 0.25) is 6.79 Å². The van der Waals surface area contributed by atoms with Crippen molar-refractivity contribution in [1.82, 2.24) is 15.0 Å². The number of aryl methyl sites for hydroxylation is 1. The van der Waals surface area contributed by atoms with Gasteiger partial charge >= 0.3 is 0 Å². The van der Waals surface area contributed by atoms with Gasteiger partial charge in [-0.2, -0.15) is 0 Å². The summed E-state index contributed by atoms with van der Waals surface area (Å²) in [6.45, 7) is 2.20. The average Bonchev–Trinajstić information content (AvgIpc) is 3.16. The summed E-state index contributed by atoms with van der Waals surface area (Å²) in [4.78, 5) is 14.0. The molecule has 1 aliphatic rings. The summed E-state index contributed by atoms with van der Waals surface area (Å²) in [7, 11) is 0. The summed E-state index contributed by atoms with van der Waals surface area (Å²) in [6.07, 6.45) is 0. The van der Waals surface area contributed by atoms with E-state index < -0.39 is 0 Å². The van der Waals surface area contributed by atoms with Crippen LogP contribution in [0.4, 0.5) is 11.5 Å². The normalized spacial score (nSPS) is 12.3. The summed E-state index contributed by atoms with van der Waals surface area (Å²) >= 11 is 0. The van der Waals surface area contributed by atoms with Crippen molar-refractivity contribution in [2.24, 2.45) is 0 Å². The molecule has 132 valence electrons. The Morgan fingerprint density at radius 1 is 0.852 bits per heavy atom. The monoisotopic (exact) mass is 356 g/mol. The lowest BCUT2D eigenvalue weighted by Gasteiger charge is -2.11. The molecule has 0 radical (unpaired) electrons. The summed E-state index contributed by atoms with van der Waals surface area (Å²) in [5.41, 5.74) is 3.39. The second-order valence-corrected chi connectivity index (χ2v) is 6.27. The van der Waals surface area contributed by atoms with Gasteiger partial charge < -0.3 is 14.8 Å². The Bertz CT molecular complexity index is 1160. The maximum atomic E-state index is 5.47. The summed E-state index contributed by atoms with van der Waals surface area (Å²) in [5, 5.41) is 4.32. The molecule has 6 heteroatoms. The fourth-order valence-electron chi connectivity index (χ4n) is 3.07. The average molecular weight is 356 g/mol. The SMILES string of the molecule is Cc1cccc(-c2nc(Nc3ccc4c(c3)OCO4)c3ccccc3n2)n1. The molecular formula is C21H16N4O2. The minimum Gasteiger partial charge on any atom is -0.454 e. The van der Waals surface area contributed by atoms with Gasteiger partial charge in [0, 0.05) is 22.8 Å². The van der Waals surface area contributed by atoms with Crippen LogP contribution in [0.3, 0.4) is 0 Å². The Labute approximate surface area is 155 Å². The molecule has 0 atom stereocenters. The number of aromatic nitrogens is 3. The number of hydrogen-bond acceptors (Lipinski definition) is 6. The molecule has 4 aromatic rings. The van der Waals surface area contributed by atoms with E-state index in [0.717, 1.165) is 45.3 Å². The second kappa shape index (κ2) is 6.25. The second-order valence-electron chi connectivity index (χ2n) is 6.27. The van der Waals surface area contributed by atoms with Crippen LogP contribution in [0.25, 0.3) is 22.4 Å². The Kier molecular flexibility index (Phi) is 3.60. The van der Waals surface area contributed by atoms with Crippen LogP contribution in [-0.2, 0) is 0 Å². The van der Waals surface area contributed by atoms with Crippen molar-refractivity contribution in [2.45, 2.75) is 6.92 Å². The van der Waals surface area contributed by atoms with E-state index in [1.165, 1.54) is 0 Å². The largest absolute Gasteiger partial charge is 0.454 e. The van der Waals surface area contributed by atoms with Crippen LogP contribution >= 0.6 is 0 Å². The Morgan fingerprint density at radius 3 is 2.67 bits per heavy atom. The van der Waals surface area contributed by atoms with Crippen LogP contribution < -0.4 is 14.8 Å². The molecule has 0 amide bonds. The molecule has 0 saturated heterocycles. The minimum absolute atomic E-state index is 0.248. The fourth-order valence-corrected chi connectivity index (χ4v) is 3.07. The first-order valence-electron chi connectivity index (χ1n) is 8.64. The molecule has 0 aliphatic carbocycles. The number of nitrogens with zero attached hydrogens (tertiary/aromatic N) is 3. The third-order valence-corrected chi connectivity index (χ3v) is 4.36. The van der Waals surface area contributed by atoms with E-state index >= 15 is 0 Å². The number of benzene rings is 2. The molecule has 6 nitrogen and oxygen atoms in total. The molecule has 1 aliphatic heterocycles. The summed E-state index contributed by atoms with van der Waals surface area (Å²) in [5.74, 6) is 2.77. The molecule has 27 heavy (non-hydrogen) atoms. The van der Waals surface area contributed by atoms with Gasteiger partial charge in [-0.3, -0.25) is 0 Å². The highest BCUT2D eigenvalue weighted by molar-refractivity contribution is 5.92. The number of rotatable bonds is 3. The van der Waals surface area contributed by atoms with E-state index in [4.69, 9.17) is 14.5 Å². The first-order chi connectivity index (χ1) is 13.3. The molecule has 0 fully saturated rings. The quantitative estimate of drug-likeness (QED) is 0.584. The molecule has 2 aromatic heterocycles. The topological polar surface area (TPSA) is 69.2 Å². The number of ether oxygens (including phenoxy) is 2. The van der Waals surface area contributed by atoms with Gasteiger partial charge in [0.15, 0.2) is 17.3 Å². The highest BCUT2D eigenvalue weighted by Crippen LogP contribution is 2.36. The molecule has 0 spiro atoms. The van der Waals surface area contributed by atoms with Crippen molar-refractivity contribution < 1.29 is 9.47 Å². The number of anilines is 2. The number of fused-ring (bicyclic) bond motifs is 2. The zero-order valence-electron chi connectivity index (χ0n) is 14.6. The highest BCUT2D eigenvalue weighted by Gasteiger charge is 2.15. The fraction of sp³-hybridized carbons (Fsp3) is 0.0952. The highest BCUT2D eigenvalue weighted by atomic mass is 16.7. The standard InChI is InChI=1S/C21H16N4O2/c1-13-5-4-8-17(22-13)21-24-16-7-3-2-6-15(16)20(25-21)23-14-9-10-18-19(11-14)27-12-26-18/h2-11H,12H2,1H3,(H,23,24,25). The van der Waals surface area contributed by atoms with Crippen molar-refractivity contribution in [3.63, 3.8) is 0 Å². The van der Waals surface area contributed by atoms with Crippen molar-refractivity contribution in [1.29, 1.82) is 0 Å².